The van der Waals surface area contributed by atoms with Crippen molar-refractivity contribution in [2.24, 2.45) is 0 Å². The van der Waals surface area contributed by atoms with Crippen LogP contribution in [0.15, 0.2) is 84.8 Å². The third-order valence-corrected chi connectivity index (χ3v) is 9.53. The van der Waals surface area contributed by atoms with Crippen molar-refractivity contribution in [3.8, 4) is 17.3 Å². The molecule has 0 radical (unpaired) electrons. The number of nitriles is 1. The monoisotopic (exact) mass is 670 g/mol. The number of aliphatic hydroxyl groups excluding tert-OH is 1. The Morgan fingerprint density at radius 3 is 2.62 bits per heavy atom. The van der Waals surface area contributed by atoms with Crippen LogP contribution in [0.25, 0.3) is 11.3 Å². The number of rotatable bonds is 12. The Kier molecular flexibility index (Phi) is 9.98. The van der Waals surface area contributed by atoms with Crippen molar-refractivity contribution in [3.05, 3.63) is 124 Å². The lowest BCUT2D eigenvalue weighted by molar-refractivity contribution is -0.148. The molecule has 3 aromatic carbocycles. The number of thiazole rings is 1. The van der Waals surface area contributed by atoms with Gasteiger partial charge >= 0.3 is 5.97 Å². The standard InChI is InChI=1S/C35H32F2N6O4S/c1-23(33-41-32(18-48-33)26-6-2-24(15-38)3-7-26)35(19-43-21-39-20-40-43,30-11-10-28(36)14-31(30)37)47-22-46-34(45)27-8-4-25(5-9-27)16-42-13-12-29(44)17-42/h2-11,14,18,20-21,23,29,44H,12-13,16-17,19,22H2,1H3/t23-,29?,35+/m0/s1. The van der Waals surface area contributed by atoms with Crippen LogP contribution in [0.3, 0.4) is 0 Å². The van der Waals surface area contributed by atoms with E-state index >= 15 is 4.39 Å². The maximum atomic E-state index is 15.7. The number of ether oxygens (including phenoxy) is 2. The van der Waals surface area contributed by atoms with E-state index in [-0.39, 0.29) is 18.2 Å². The van der Waals surface area contributed by atoms with Crippen molar-refractivity contribution in [2.45, 2.75) is 44.1 Å². The van der Waals surface area contributed by atoms with Gasteiger partial charge in [0.1, 0.15) is 29.9 Å². The quantitative estimate of drug-likeness (QED) is 0.132. The summed E-state index contributed by atoms with van der Waals surface area (Å²) in [6.45, 7) is 3.26. The van der Waals surface area contributed by atoms with E-state index in [1.165, 1.54) is 34.7 Å². The van der Waals surface area contributed by atoms with Crippen LogP contribution in [0.2, 0.25) is 0 Å². The lowest BCUT2D eigenvalue weighted by atomic mass is 9.81. The number of hydrogen-bond donors (Lipinski definition) is 1. The molecule has 1 unspecified atom stereocenters. The fraction of sp³-hybridized carbons (Fsp3) is 0.286. The first-order valence-electron chi connectivity index (χ1n) is 15.3. The summed E-state index contributed by atoms with van der Waals surface area (Å²) >= 11 is 1.33. The lowest BCUT2D eigenvalue weighted by Gasteiger charge is -2.38. The SMILES string of the molecule is C[C@@H](c1nc(-c2ccc(C#N)cc2)cs1)[C@@](Cn1cncn1)(OCOC(=O)c1ccc(CN2CCC(O)C2)cc1)c1ccc(F)cc1F. The van der Waals surface area contributed by atoms with Crippen molar-refractivity contribution < 1.29 is 28.2 Å². The Morgan fingerprint density at radius 2 is 1.96 bits per heavy atom. The highest BCUT2D eigenvalue weighted by atomic mass is 32.1. The molecule has 13 heteroatoms. The summed E-state index contributed by atoms with van der Waals surface area (Å²) in [5.74, 6) is -2.91. The van der Waals surface area contributed by atoms with Crippen LogP contribution in [-0.4, -0.2) is 61.7 Å². The molecule has 5 aromatic rings. The summed E-state index contributed by atoms with van der Waals surface area (Å²) in [5.41, 5.74) is 1.69. The smallest absolute Gasteiger partial charge is 0.340 e. The first kappa shape index (κ1) is 33.0. The number of likely N-dealkylation sites (tertiary alicyclic amines) is 1. The van der Waals surface area contributed by atoms with Crippen molar-refractivity contribution in [1.82, 2.24) is 24.6 Å². The topological polar surface area (TPSA) is 126 Å². The molecule has 1 aliphatic heterocycles. The molecule has 1 N–H and O–H groups in total. The first-order valence-corrected chi connectivity index (χ1v) is 16.2. The van der Waals surface area contributed by atoms with Gasteiger partial charge in [-0.15, -0.1) is 11.3 Å². The third kappa shape index (κ3) is 7.32. The average Bonchev–Trinajstić information content (AvgIpc) is 3.88. The summed E-state index contributed by atoms with van der Waals surface area (Å²) in [6, 6.07) is 19.3. The molecule has 48 heavy (non-hydrogen) atoms. The van der Waals surface area contributed by atoms with Crippen molar-refractivity contribution >= 4 is 17.3 Å². The van der Waals surface area contributed by atoms with E-state index in [1.807, 2.05) is 17.5 Å². The molecule has 0 spiro atoms. The van der Waals surface area contributed by atoms with Gasteiger partial charge in [0.05, 0.1) is 40.5 Å². The van der Waals surface area contributed by atoms with Crippen LogP contribution < -0.4 is 0 Å². The molecule has 0 aliphatic carbocycles. The second-order valence-corrected chi connectivity index (χ2v) is 12.5. The van der Waals surface area contributed by atoms with Gasteiger partial charge < -0.3 is 14.6 Å². The minimum Gasteiger partial charge on any atom is -0.435 e. The molecule has 0 saturated carbocycles. The zero-order chi connectivity index (χ0) is 33.7. The molecule has 246 valence electrons. The highest BCUT2D eigenvalue weighted by Gasteiger charge is 2.45. The molecule has 1 aliphatic rings. The Labute approximate surface area is 279 Å². The van der Waals surface area contributed by atoms with E-state index in [1.54, 1.807) is 43.3 Å². The van der Waals surface area contributed by atoms with E-state index in [9.17, 15) is 19.6 Å². The number of aromatic nitrogens is 4. The normalized spacial score (nSPS) is 16.7. The van der Waals surface area contributed by atoms with Crippen molar-refractivity contribution in [2.75, 3.05) is 19.9 Å². The summed E-state index contributed by atoms with van der Waals surface area (Å²) in [6.07, 6.45) is 3.21. The number of aliphatic hydroxyl groups is 1. The molecule has 10 nitrogen and oxygen atoms in total. The van der Waals surface area contributed by atoms with Gasteiger partial charge in [-0.25, -0.2) is 28.2 Å². The molecule has 3 heterocycles. The van der Waals surface area contributed by atoms with E-state index in [0.29, 0.717) is 34.9 Å². The van der Waals surface area contributed by atoms with Crippen LogP contribution in [0.5, 0.6) is 0 Å². The van der Waals surface area contributed by atoms with E-state index in [4.69, 9.17) is 14.5 Å². The summed E-state index contributed by atoms with van der Waals surface area (Å²) in [4.78, 5) is 24.1. The van der Waals surface area contributed by atoms with Gasteiger partial charge in [-0.2, -0.15) is 10.4 Å². The van der Waals surface area contributed by atoms with Gasteiger partial charge in [-0.3, -0.25) is 4.90 Å². The minimum atomic E-state index is -1.59. The summed E-state index contributed by atoms with van der Waals surface area (Å²) < 4.78 is 43.3. The van der Waals surface area contributed by atoms with Gasteiger partial charge in [-0.1, -0.05) is 37.3 Å². The highest BCUT2D eigenvalue weighted by molar-refractivity contribution is 7.10. The molecular weight excluding hydrogens is 638 g/mol. The molecule has 0 amide bonds. The minimum absolute atomic E-state index is 0.0226. The Hall–Kier alpha value is -4.87. The lowest BCUT2D eigenvalue weighted by Crippen LogP contribution is -2.42. The summed E-state index contributed by atoms with van der Waals surface area (Å²) in [5, 5.41) is 25.6. The number of benzene rings is 3. The number of carbonyl (C=O) groups excluding carboxylic acids is 1. The van der Waals surface area contributed by atoms with Crippen LogP contribution >= 0.6 is 11.3 Å². The largest absolute Gasteiger partial charge is 0.435 e. The molecule has 6 rings (SSSR count). The Bertz CT molecular complexity index is 1900. The molecule has 1 fully saturated rings. The number of halogens is 2. The molecule has 2 aromatic heterocycles. The van der Waals surface area contributed by atoms with Crippen LogP contribution in [0.1, 0.15) is 51.3 Å². The van der Waals surface area contributed by atoms with Gasteiger partial charge in [0, 0.05) is 48.1 Å². The fourth-order valence-electron chi connectivity index (χ4n) is 5.86. The number of carbonyl (C=O) groups is 1. The van der Waals surface area contributed by atoms with Crippen molar-refractivity contribution in [3.63, 3.8) is 0 Å². The first-order chi connectivity index (χ1) is 23.2. The molecule has 0 bridgehead atoms. The molecule has 1 saturated heterocycles. The third-order valence-electron chi connectivity index (χ3n) is 8.50. The average molecular weight is 671 g/mol. The van der Waals surface area contributed by atoms with Gasteiger partial charge in [0.2, 0.25) is 0 Å². The Morgan fingerprint density at radius 1 is 1.17 bits per heavy atom. The highest BCUT2D eigenvalue weighted by Crippen LogP contribution is 2.44. The zero-order valence-corrected chi connectivity index (χ0v) is 26.8. The van der Waals surface area contributed by atoms with Crippen molar-refractivity contribution in [1.29, 1.82) is 5.26 Å². The van der Waals surface area contributed by atoms with E-state index in [0.717, 1.165) is 36.2 Å². The van der Waals surface area contributed by atoms with E-state index in [2.05, 4.69) is 21.1 Å². The predicted octanol–water partition coefficient (Wildman–Crippen LogP) is 5.65. The number of esters is 1. The van der Waals surface area contributed by atoms with Gasteiger partial charge in [0.25, 0.3) is 0 Å². The number of β-amino-alcohol motifs (C(OH)–C–C–N with tert-alkyl or cyclic N) is 1. The number of nitrogens with zero attached hydrogens (tertiary/aromatic N) is 6. The number of hydrogen-bond acceptors (Lipinski definition) is 10. The van der Waals surface area contributed by atoms with Gasteiger partial charge in [0.15, 0.2) is 6.79 Å². The van der Waals surface area contributed by atoms with Gasteiger partial charge in [-0.05, 0) is 42.3 Å². The zero-order valence-electron chi connectivity index (χ0n) is 26.0. The fourth-order valence-corrected chi connectivity index (χ4v) is 6.82. The van der Waals surface area contributed by atoms with Crippen LogP contribution in [0, 0.1) is 23.0 Å². The second kappa shape index (κ2) is 14.5. The van der Waals surface area contributed by atoms with Crippen LogP contribution in [-0.2, 0) is 28.2 Å². The van der Waals surface area contributed by atoms with Crippen LogP contribution in [0.4, 0.5) is 8.78 Å². The van der Waals surface area contributed by atoms with E-state index < -0.39 is 35.9 Å². The molecule has 3 atom stereocenters. The maximum absolute atomic E-state index is 15.7. The predicted molar refractivity (Wildman–Crippen MR) is 172 cm³/mol. The maximum Gasteiger partial charge on any atom is 0.340 e. The summed E-state index contributed by atoms with van der Waals surface area (Å²) in [7, 11) is 0. The Balaban J connectivity index is 1.27. The second-order valence-electron chi connectivity index (χ2n) is 11.7. The molecular formula is C35H32F2N6O4S.